The van der Waals surface area contributed by atoms with Crippen molar-refractivity contribution in [3.8, 4) is 0 Å². The zero-order chi connectivity index (χ0) is 24.2. The van der Waals surface area contributed by atoms with Gasteiger partial charge in [0.2, 0.25) is 5.91 Å². The third-order valence-corrected chi connectivity index (χ3v) is 8.65. The van der Waals surface area contributed by atoms with Gasteiger partial charge in [0.05, 0.1) is 12.0 Å². The number of rotatable bonds is 6. The molecule has 1 aromatic rings. The van der Waals surface area contributed by atoms with Crippen LogP contribution in [0.1, 0.15) is 68.5 Å². The lowest BCUT2D eigenvalue weighted by atomic mass is 9.87. The summed E-state index contributed by atoms with van der Waals surface area (Å²) in [7, 11) is 0. The van der Waals surface area contributed by atoms with E-state index in [-0.39, 0.29) is 12.0 Å². The first-order chi connectivity index (χ1) is 17.1. The number of benzene rings is 1. The molecule has 1 aromatic carbocycles. The second-order valence-corrected chi connectivity index (χ2v) is 11.1. The van der Waals surface area contributed by atoms with Crippen LogP contribution in [0.5, 0.6) is 0 Å². The van der Waals surface area contributed by atoms with Crippen molar-refractivity contribution in [3.63, 3.8) is 0 Å². The molecule has 3 fully saturated rings. The molecule has 4 nitrogen and oxygen atoms in total. The first-order valence-corrected chi connectivity index (χ1v) is 14.0. The van der Waals surface area contributed by atoms with Gasteiger partial charge in [-0.1, -0.05) is 67.0 Å². The Kier molecular flexibility index (Phi) is 7.89. The predicted molar refractivity (Wildman–Crippen MR) is 144 cm³/mol. The molecule has 35 heavy (non-hydrogen) atoms. The Morgan fingerprint density at radius 2 is 1.89 bits per heavy atom. The van der Waals surface area contributed by atoms with Crippen molar-refractivity contribution < 1.29 is 4.79 Å². The molecule has 1 amide bonds. The Bertz CT molecular complexity index is 958. The van der Waals surface area contributed by atoms with Crippen LogP contribution in [0.15, 0.2) is 60.7 Å². The average molecular weight is 474 g/mol. The zero-order valence-corrected chi connectivity index (χ0v) is 21.6. The van der Waals surface area contributed by atoms with Gasteiger partial charge in [-0.3, -0.25) is 14.6 Å². The lowest BCUT2D eigenvalue weighted by Crippen LogP contribution is -2.42. The summed E-state index contributed by atoms with van der Waals surface area (Å²) < 4.78 is 0. The van der Waals surface area contributed by atoms with Crippen LogP contribution < -0.4 is 0 Å². The largest absolute Gasteiger partial charge is 0.342 e. The van der Waals surface area contributed by atoms with Crippen molar-refractivity contribution in [2.45, 2.75) is 76.4 Å². The van der Waals surface area contributed by atoms with Crippen molar-refractivity contribution in [1.29, 1.82) is 0 Å². The molecular formula is C31H43N3O. The predicted octanol–water partition coefficient (Wildman–Crippen LogP) is 5.67. The lowest BCUT2D eigenvalue weighted by molar-refractivity contribution is -0.133. The SMILES string of the molecule is C=CCN1CCC2CCC(C1)N2C(C1=CCC(C(=O)N2CCCCCC2)C=C1)c1cccc(C)c1. The van der Waals surface area contributed by atoms with Crippen molar-refractivity contribution in [2.24, 2.45) is 5.92 Å². The van der Waals surface area contributed by atoms with Gasteiger partial charge in [0.25, 0.3) is 0 Å². The summed E-state index contributed by atoms with van der Waals surface area (Å²) >= 11 is 0. The molecule has 2 bridgehead atoms. The summed E-state index contributed by atoms with van der Waals surface area (Å²) in [5, 5.41) is 0. The van der Waals surface area contributed by atoms with E-state index in [1.807, 2.05) is 0 Å². The van der Waals surface area contributed by atoms with E-state index in [1.165, 1.54) is 48.8 Å². The minimum atomic E-state index is -0.000974. The number of hydrogen-bond donors (Lipinski definition) is 0. The van der Waals surface area contributed by atoms with Crippen LogP contribution in [0.2, 0.25) is 0 Å². The molecule has 4 atom stereocenters. The van der Waals surface area contributed by atoms with Gasteiger partial charge in [0.1, 0.15) is 0 Å². The fourth-order valence-corrected chi connectivity index (χ4v) is 6.88. The number of aryl methyl sites for hydroxylation is 1. The summed E-state index contributed by atoms with van der Waals surface area (Å²) in [6.45, 7) is 11.3. The van der Waals surface area contributed by atoms with Crippen LogP contribution in [0.25, 0.3) is 0 Å². The second kappa shape index (κ2) is 11.3. The summed E-state index contributed by atoms with van der Waals surface area (Å²) in [4.78, 5) is 20.8. The third-order valence-electron chi connectivity index (χ3n) is 8.65. The molecule has 0 spiro atoms. The lowest BCUT2D eigenvalue weighted by Gasteiger charge is -2.38. The molecule has 188 valence electrons. The number of allylic oxidation sites excluding steroid dienone is 1. The Morgan fingerprint density at radius 3 is 2.60 bits per heavy atom. The van der Waals surface area contributed by atoms with Crippen LogP contribution in [-0.4, -0.2) is 65.4 Å². The molecule has 4 unspecified atom stereocenters. The fraction of sp³-hybridized carbons (Fsp3) is 0.581. The van der Waals surface area contributed by atoms with E-state index in [0.717, 1.165) is 52.0 Å². The van der Waals surface area contributed by atoms with Gasteiger partial charge in [-0.2, -0.15) is 0 Å². The van der Waals surface area contributed by atoms with Gasteiger partial charge >= 0.3 is 0 Å². The maximum Gasteiger partial charge on any atom is 0.229 e. The number of carbonyl (C=O) groups is 1. The topological polar surface area (TPSA) is 26.8 Å². The number of hydrogen-bond acceptors (Lipinski definition) is 3. The van der Waals surface area contributed by atoms with Crippen molar-refractivity contribution >= 4 is 5.91 Å². The zero-order valence-electron chi connectivity index (χ0n) is 21.6. The molecule has 4 heteroatoms. The summed E-state index contributed by atoms with van der Waals surface area (Å²) in [5.41, 5.74) is 4.09. The number of carbonyl (C=O) groups excluding carboxylic acids is 1. The molecular weight excluding hydrogens is 430 g/mol. The highest BCUT2D eigenvalue weighted by Gasteiger charge is 2.42. The third kappa shape index (κ3) is 5.49. The molecule has 0 radical (unpaired) electrons. The molecule has 0 N–H and O–H groups in total. The highest BCUT2D eigenvalue weighted by molar-refractivity contribution is 5.81. The fourth-order valence-electron chi connectivity index (χ4n) is 6.88. The molecule has 1 aliphatic carbocycles. The number of likely N-dealkylation sites (tertiary alicyclic amines) is 2. The van der Waals surface area contributed by atoms with Gasteiger partial charge in [0.15, 0.2) is 0 Å². The van der Waals surface area contributed by atoms with E-state index in [0.29, 0.717) is 18.0 Å². The Labute approximate surface area is 212 Å². The van der Waals surface area contributed by atoms with Gasteiger partial charge in [-0.15, -0.1) is 6.58 Å². The maximum absolute atomic E-state index is 13.3. The Hall–Kier alpha value is -2.17. The summed E-state index contributed by atoms with van der Waals surface area (Å²) in [6.07, 6.45) is 18.4. The summed E-state index contributed by atoms with van der Waals surface area (Å²) in [5.74, 6) is 0.333. The number of nitrogens with zero attached hydrogens (tertiary/aromatic N) is 3. The van der Waals surface area contributed by atoms with E-state index < -0.39 is 0 Å². The van der Waals surface area contributed by atoms with E-state index in [2.05, 4.69) is 76.8 Å². The maximum atomic E-state index is 13.3. The van der Waals surface area contributed by atoms with Gasteiger partial charge in [0, 0.05) is 44.8 Å². The standard InChI is InChI=1S/C31H43N3O/c1-3-18-32-21-17-28-15-16-29(23-32)34(28)30(27-10-8-9-24(2)22-27)25-11-13-26(14-12-25)31(35)33-19-6-4-5-7-20-33/h3,8-13,22,26,28-30H,1,4-7,14-21,23H2,2H3. The van der Waals surface area contributed by atoms with E-state index in [9.17, 15) is 4.79 Å². The van der Waals surface area contributed by atoms with Crippen LogP contribution in [0.3, 0.4) is 0 Å². The molecule has 0 aromatic heterocycles. The number of fused-ring (bicyclic) bond motifs is 2. The molecule has 4 aliphatic rings. The van der Waals surface area contributed by atoms with Gasteiger partial charge < -0.3 is 4.90 Å². The van der Waals surface area contributed by atoms with Crippen LogP contribution in [0, 0.1) is 12.8 Å². The first-order valence-electron chi connectivity index (χ1n) is 14.0. The van der Waals surface area contributed by atoms with Crippen molar-refractivity contribution in [3.05, 3.63) is 71.8 Å². The van der Waals surface area contributed by atoms with Crippen molar-refractivity contribution in [1.82, 2.24) is 14.7 Å². The van der Waals surface area contributed by atoms with Crippen LogP contribution in [0.4, 0.5) is 0 Å². The smallest absolute Gasteiger partial charge is 0.229 e. The molecule has 0 saturated carbocycles. The van der Waals surface area contributed by atoms with Crippen LogP contribution >= 0.6 is 0 Å². The molecule has 3 heterocycles. The second-order valence-electron chi connectivity index (χ2n) is 11.1. The van der Waals surface area contributed by atoms with E-state index >= 15 is 0 Å². The monoisotopic (exact) mass is 473 g/mol. The van der Waals surface area contributed by atoms with E-state index in [4.69, 9.17) is 0 Å². The highest BCUT2D eigenvalue weighted by atomic mass is 16.2. The minimum Gasteiger partial charge on any atom is -0.342 e. The Morgan fingerprint density at radius 1 is 1.09 bits per heavy atom. The minimum absolute atomic E-state index is 0.000974. The van der Waals surface area contributed by atoms with Crippen LogP contribution in [-0.2, 0) is 4.79 Å². The molecule has 3 aliphatic heterocycles. The normalized spacial score (nSPS) is 28.8. The average Bonchev–Trinajstić information content (AvgIpc) is 3.02. The van der Waals surface area contributed by atoms with Crippen molar-refractivity contribution in [2.75, 3.05) is 32.7 Å². The van der Waals surface area contributed by atoms with E-state index in [1.54, 1.807) is 0 Å². The number of amides is 1. The molecule has 5 rings (SSSR count). The Balaban J connectivity index is 1.39. The van der Waals surface area contributed by atoms with Gasteiger partial charge in [-0.25, -0.2) is 0 Å². The van der Waals surface area contributed by atoms with Gasteiger partial charge in [-0.05, 0) is 56.6 Å². The molecule has 3 saturated heterocycles. The quantitative estimate of drug-likeness (QED) is 0.499. The first kappa shape index (κ1) is 24.5. The summed E-state index contributed by atoms with van der Waals surface area (Å²) in [6, 6.07) is 10.5. The highest BCUT2D eigenvalue weighted by Crippen LogP contribution is 2.42.